The number of nitrogens with zero attached hydrogens (tertiary/aromatic N) is 26. The van der Waals surface area contributed by atoms with E-state index >= 15 is 0 Å². The number of fused-ring (bicyclic) bond motifs is 6. The van der Waals surface area contributed by atoms with Gasteiger partial charge in [0.2, 0.25) is 10.0 Å². The molecule has 12 aromatic rings. The van der Waals surface area contributed by atoms with Crippen LogP contribution >= 0.6 is 0 Å². The minimum atomic E-state index is -3.18. The highest BCUT2D eigenvalue weighted by Gasteiger charge is 2.36. The second kappa shape index (κ2) is 42.7. The summed E-state index contributed by atoms with van der Waals surface area (Å²) in [6.45, 7) is 31.0. The molecule has 0 bridgehead atoms. The summed E-state index contributed by atoms with van der Waals surface area (Å²) in [6, 6.07) is 18.8. The van der Waals surface area contributed by atoms with Crippen LogP contribution in [0, 0.1) is 11.8 Å². The van der Waals surface area contributed by atoms with Crippen molar-refractivity contribution in [2.45, 2.75) is 192 Å². The number of pyridine rings is 2. The minimum absolute atomic E-state index is 0.0426. The predicted octanol–water partition coefficient (Wildman–Crippen LogP) is 12.1. The van der Waals surface area contributed by atoms with Gasteiger partial charge in [0.1, 0.15) is 40.4 Å². The fourth-order valence-corrected chi connectivity index (χ4v) is 24.2. The Morgan fingerprint density at radius 3 is 1.19 bits per heavy atom. The fourth-order valence-electron chi connectivity index (χ4n) is 21.9. The Kier molecular flexibility index (Phi) is 30.0. The molecular formula is C104H138N26O8S3. The number of piperazine rings is 2. The Morgan fingerprint density at radius 2 is 0.773 bits per heavy atom. The number of imidazole rings is 3. The van der Waals surface area contributed by atoms with Crippen LogP contribution < -0.4 is 19.6 Å². The van der Waals surface area contributed by atoms with Crippen LogP contribution in [0.5, 0.6) is 0 Å². The molecule has 0 saturated carbocycles. The molecule has 10 aromatic heterocycles. The normalized spacial score (nSPS) is 19.0. The molecule has 22 rings (SSSR count). The molecule has 141 heavy (non-hydrogen) atoms. The SMILES string of the molecule is CC(C)(O)C1CCN(Cc2cnc3c(-c4cccc5c4C=NC5)nc(N4CCCCC4)cn23)CC1.CC(C)(O)C1CCN(Cc2cnc3c(-c4cncc(CS(C)(=O)=O)c4)nc(N4CCCCC4)cn23)CC1.CN1CCN(Cc2cnc3c(-c4cncc(CS(C)(=O)=O)c4)nc(N4CCCCC4)cn23)CC1.CS(=O)(=O)N1CCN(Cc2cnn3c(-c4cccc5c4C=NC5)cc(N4CCCCC4)nc23)CC1. The highest BCUT2D eigenvalue weighted by Crippen LogP contribution is 2.40. The van der Waals surface area contributed by atoms with Crippen molar-refractivity contribution in [3.63, 3.8) is 0 Å². The van der Waals surface area contributed by atoms with E-state index in [2.05, 4.69) is 145 Å². The van der Waals surface area contributed by atoms with Crippen LogP contribution in [0.4, 0.5) is 23.3 Å². The second-order valence-electron chi connectivity index (χ2n) is 41.7. The molecule has 0 atom stereocenters. The van der Waals surface area contributed by atoms with Gasteiger partial charge in [-0.15, -0.1) is 0 Å². The summed E-state index contributed by atoms with van der Waals surface area (Å²) in [7, 11) is -7.32. The van der Waals surface area contributed by atoms with E-state index in [1.165, 1.54) is 111 Å². The van der Waals surface area contributed by atoms with Crippen LogP contribution in [0.2, 0.25) is 0 Å². The maximum absolute atomic E-state index is 11.9. The molecule has 8 fully saturated rings. The van der Waals surface area contributed by atoms with Gasteiger partial charge in [-0.3, -0.25) is 52.8 Å². The summed E-state index contributed by atoms with van der Waals surface area (Å²) in [5, 5.41) is 25.6. The van der Waals surface area contributed by atoms with Gasteiger partial charge >= 0.3 is 0 Å². The van der Waals surface area contributed by atoms with Crippen molar-refractivity contribution in [1.82, 2.24) is 96.5 Å². The predicted molar refractivity (Wildman–Crippen MR) is 556 cm³/mol. The third-order valence-corrected chi connectivity index (χ3v) is 32.9. The molecule has 2 N–H and O–H groups in total. The summed E-state index contributed by atoms with van der Waals surface area (Å²) in [5.41, 5.74) is 20.0. The van der Waals surface area contributed by atoms with Crippen molar-refractivity contribution in [3.8, 4) is 45.0 Å². The van der Waals surface area contributed by atoms with Gasteiger partial charge in [-0.25, -0.2) is 64.7 Å². The van der Waals surface area contributed by atoms with Crippen LogP contribution in [-0.2, 0) is 80.5 Å². The third kappa shape index (κ3) is 23.7. The summed E-state index contributed by atoms with van der Waals surface area (Å²) in [6.07, 6.45) is 47.2. The molecule has 750 valence electrons. The van der Waals surface area contributed by atoms with Gasteiger partial charge < -0.3 is 34.7 Å². The molecule has 34 nitrogen and oxygen atoms in total. The lowest BCUT2D eigenvalue weighted by Gasteiger charge is -2.37. The van der Waals surface area contributed by atoms with E-state index in [1.807, 2.05) is 81.6 Å². The minimum Gasteiger partial charge on any atom is -0.390 e. The molecule has 20 heterocycles. The van der Waals surface area contributed by atoms with Crippen molar-refractivity contribution in [1.29, 1.82) is 0 Å². The monoisotopic (exact) mass is 1980 g/mol. The van der Waals surface area contributed by atoms with Crippen molar-refractivity contribution < 1.29 is 35.5 Å². The van der Waals surface area contributed by atoms with Gasteiger partial charge in [-0.2, -0.15) is 9.40 Å². The lowest BCUT2D eigenvalue weighted by Crippen LogP contribution is -2.47. The van der Waals surface area contributed by atoms with Gasteiger partial charge in [0.05, 0.1) is 108 Å². The molecule has 10 aliphatic rings. The fraction of sp³-hybridized carbons (Fsp3) is 0.538. The van der Waals surface area contributed by atoms with E-state index in [1.54, 1.807) is 29.1 Å². The number of sulfonamides is 1. The maximum atomic E-state index is 11.9. The molecule has 0 aliphatic carbocycles. The van der Waals surface area contributed by atoms with E-state index in [-0.39, 0.29) is 11.5 Å². The maximum Gasteiger partial charge on any atom is 0.211 e. The Labute approximate surface area is 829 Å². The molecule has 0 amide bonds. The summed E-state index contributed by atoms with van der Waals surface area (Å²) >= 11 is 0. The van der Waals surface area contributed by atoms with Gasteiger partial charge in [0, 0.05) is 226 Å². The van der Waals surface area contributed by atoms with Crippen molar-refractivity contribution in [2.24, 2.45) is 21.8 Å². The standard InChI is InChI=1S/C28H36N6O.C27H38N6O3S.C25H31N7O2S.C24H33N7O2S/c1-28(2,35)21-9-13-32(14-10-21)18-22-16-30-27-26(23-8-6-7-20-15-29-17-24(20)23)31-25(19-34(22)27)33-11-4-3-5-12-33;1-27(2,34)22-7-11-31(12-8-22)17-23-16-29-26-25(21-13-20(14-28-15-21)19-37(3,35)36)30-24(18-33(23)26)32-9-5-4-6-10-32;1-35(33,34)31-12-10-29(11-13-31)18-20-16-27-32-23(21-7-5-6-19-15-26-17-22(19)21)14-24(28-25(20)32)30-8-3-2-4-9-30;1-28-8-10-29(11-9-28)16-21-15-26-24-23(20-12-19(13-25-14-20)18-34(2,32)33)27-22(17-31(21)24)30-6-4-3-5-7-30/h6-8,16-17,19,21,35H,3-5,9-15,18H2,1-2H3;13-16,18,22,34H,4-12,17,19H2,1-3H3;5-7,14,16-17H,2-4,8-13,15,18H2,1H3;12-15,17H,3-11,16,18H2,1-2H3. The number of likely N-dealkylation sites (tertiary alicyclic amines) is 2. The average molecular weight is 1980 g/mol. The quantitative estimate of drug-likeness (QED) is 0.0600. The number of hydrogen-bond donors (Lipinski definition) is 2. The summed E-state index contributed by atoms with van der Waals surface area (Å²) < 4.78 is 81.4. The molecule has 37 heteroatoms. The van der Waals surface area contributed by atoms with Crippen molar-refractivity contribution in [3.05, 3.63) is 179 Å². The first kappa shape index (κ1) is 99.0. The highest BCUT2D eigenvalue weighted by molar-refractivity contribution is 7.90. The number of hydrogen-bond acceptors (Lipinski definition) is 29. The van der Waals surface area contributed by atoms with Crippen LogP contribution in [0.3, 0.4) is 0 Å². The smallest absolute Gasteiger partial charge is 0.211 e. The molecule has 0 unspecified atom stereocenters. The Balaban J connectivity index is 0.000000120. The van der Waals surface area contributed by atoms with E-state index < -0.39 is 40.9 Å². The first-order valence-electron chi connectivity index (χ1n) is 50.8. The van der Waals surface area contributed by atoms with Crippen molar-refractivity contribution >= 4 is 88.0 Å². The van der Waals surface area contributed by atoms with Crippen LogP contribution in [0.25, 0.3) is 67.6 Å². The Morgan fingerprint density at radius 1 is 0.390 bits per heavy atom. The zero-order chi connectivity index (χ0) is 97.9. The number of aromatic nitrogens is 14. The average Bonchev–Trinajstić information content (AvgIpc) is 1.63. The van der Waals surface area contributed by atoms with Crippen molar-refractivity contribution in [2.75, 3.05) is 176 Å². The zero-order valence-corrected chi connectivity index (χ0v) is 85.6. The molecule has 0 spiro atoms. The van der Waals surface area contributed by atoms with E-state index in [9.17, 15) is 35.5 Å². The topological polar surface area (TPSA) is 347 Å². The number of aliphatic imine (C=N–C) groups is 2. The Bertz CT molecular complexity index is 6870. The number of benzene rings is 2. The second-order valence-corrected chi connectivity index (χ2v) is 48.0. The highest BCUT2D eigenvalue weighted by atomic mass is 32.2. The molecule has 8 saturated heterocycles. The number of piperidine rings is 6. The van der Waals surface area contributed by atoms with Crippen LogP contribution in [0.15, 0.2) is 133 Å². The molecule has 10 aliphatic heterocycles. The largest absolute Gasteiger partial charge is 0.390 e. The van der Waals surface area contributed by atoms with Crippen LogP contribution in [-0.4, -0.2) is 312 Å². The van der Waals surface area contributed by atoms with E-state index in [0.717, 1.165) is 284 Å². The lowest BCUT2D eigenvalue weighted by molar-refractivity contribution is -0.0141. The van der Waals surface area contributed by atoms with Crippen LogP contribution in [0.1, 0.15) is 186 Å². The summed E-state index contributed by atoms with van der Waals surface area (Å²) in [5.74, 6) is 4.48. The first-order valence-corrected chi connectivity index (χ1v) is 56.8. The van der Waals surface area contributed by atoms with Gasteiger partial charge in [-0.05, 0) is 210 Å². The van der Waals surface area contributed by atoms with Gasteiger partial charge in [-0.1, -0.05) is 36.4 Å². The molecule has 2 aromatic carbocycles. The van der Waals surface area contributed by atoms with Gasteiger partial charge in [0.15, 0.2) is 42.3 Å². The number of sulfone groups is 2. The zero-order valence-electron chi connectivity index (χ0n) is 83.2. The number of aliphatic hydroxyl groups is 2. The van der Waals surface area contributed by atoms with Gasteiger partial charge in [0.25, 0.3) is 0 Å². The molecular weight excluding hydrogens is 1840 g/mol. The third-order valence-electron chi connectivity index (χ3n) is 29.9. The number of rotatable bonds is 23. The van der Waals surface area contributed by atoms with E-state index in [0.29, 0.717) is 55.7 Å². The summed E-state index contributed by atoms with van der Waals surface area (Å²) in [4.78, 5) is 74.1. The first-order chi connectivity index (χ1) is 67.9. The number of anilines is 4. The molecule has 0 radical (unpaired) electrons. The Hall–Kier alpha value is -10.7. The van der Waals surface area contributed by atoms with E-state index in [4.69, 9.17) is 40.0 Å². The lowest BCUT2D eigenvalue weighted by atomic mass is 9.83. The number of likely N-dealkylation sites (N-methyl/N-ethyl adjacent to an activating group) is 1.